The molecule has 3 N–H and O–H groups in total. The number of hydrogen-bond donors (Lipinski definition) is 2. The largest absolute Gasteiger partial charge is 0.383 e. The Morgan fingerprint density at radius 3 is 2.73 bits per heavy atom. The number of rotatable bonds is 6. The number of amides is 3. The highest BCUT2D eigenvalue weighted by atomic mass is 35.5. The van der Waals surface area contributed by atoms with E-state index in [1.54, 1.807) is 29.2 Å². The molecule has 1 saturated heterocycles. The van der Waals surface area contributed by atoms with Crippen molar-refractivity contribution in [3.63, 3.8) is 0 Å². The molecule has 2 heterocycles. The maximum Gasteiger partial charge on any atom is 0.322 e. The van der Waals surface area contributed by atoms with Crippen molar-refractivity contribution in [3.8, 4) is 0 Å². The van der Waals surface area contributed by atoms with Gasteiger partial charge in [0.2, 0.25) is 5.91 Å². The topological polar surface area (TPSA) is 104 Å². The smallest absolute Gasteiger partial charge is 0.322 e. The fraction of sp³-hybridized carbons (Fsp3) is 0.333. The van der Waals surface area contributed by atoms with E-state index < -0.39 is 6.04 Å². The van der Waals surface area contributed by atoms with Crippen LogP contribution in [0, 0.1) is 0 Å². The zero-order chi connectivity index (χ0) is 23.4. The Bertz CT molecular complexity index is 1150. The van der Waals surface area contributed by atoms with Crippen LogP contribution < -0.4 is 11.1 Å². The monoisotopic (exact) mass is 466 g/mol. The van der Waals surface area contributed by atoms with Gasteiger partial charge in [0.25, 0.3) is 0 Å². The third-order valence-corrected chi connectivity index (χ3v) is 6.13. The number of hydrogen-bond acceptors (Lipinski definition) is 5. The van der Waals surface area contributed by atoms with Gasteiger partial charge in [-0.2, -0.15) is 0 Å². The van der Waals surface area contributed by atoms with Crippen molar-refractivity contribution in [1.82, 2.24) is 19.8 Å². The molecule has 9 heteroatoms. The molecule has 8 nitrogen and oxygen atoms in total. The Labute approximate surface area is 197 Å². The summed E-state index contributed by atoms with van der Waals surface area (Å²) in [5.41, 5.74) is 8.27. The van der Waals surface area contributed by atoms with Crippen LogP contribution in [0.1, 0.15) is 31.7 Å². The lowest BCUT2D eigenvalue weighted by molar-refractivity contribution is -0.140. The number of nitrogens with two attached hydrogens (primary N) is 1. The number of carbonyl (C=O) groups excluding carboxylic acids is 2. The highest BCUT2D eigenvalue weighted by Crippen LogP contribution is 2.23. The Kier molecular flexibility index (Phi) is 6.93. The normalized spacial score (nSPS) is 16.3. The molecule has 0 radical (unpaired) electrons. The third-order valence-electron chi connectivity index (χ3n) is 5.88. The predicted molar refractivity (Wildman–Crippen MR) is 130 cm³/mol. The molecular weight excluding hydrogens is 440 g/mol. The molecule has 0 saturated carbocycles. The molecule has 1 fully saturated rings. The summed E-state index contributed by atoms with van der Waals surface area (Å²) in [7, 11) is 0. The van der Waals surface area contributed by atoms with E-state index >= 15 is 0 Å². The fourth-order valence-corrected chi connectivity index (χ4v) is 4.21. The molecule has 0 aliphatic carbocycles. The van der Waals surface area contributed by atoms with Crippen molar-refractivity contribution < 1.29 is 9.59 Å². The first kappa shape index (κ1) is 22.8. The number of nitrogens with one attached hydrogen (secondary N) is 1. The summed E-state index contributed by atoms with van der Waals surface area (Å²) >= 11 is 5.93. The van der Waals surface area contributed by atoms with Crippen LogP contribution in [0.3, 0.4) is 0 Å². The van der Waals surface area contributed by atoms with E-state index in [1.165, 1.54) is 6.33 Å². The van der Waals surface area contributed by atoms with Crippen LogP contribution in [0.2, 0.25) is 5.02 Å². The van der Waals surface area contributed by atoms with E-state index in [-0.39, 0.29) is 11.9 Å². The number of fused-ring (bicyclic) bond motifs is 1. The SMILES string of the molecule is CCCC[C@H]1C(=O)N(Cc2ccc3c(N)ncnc3c2)CCN1C(=O)Nc1ccc(Cl)cc1. The number of unbranched alkanes of at least 4 members (excludes halogenated alkanes) is 1. The number of nitrogen functional groups attached to an aromatic ring is 1. The molecule has 1 aliphatic heterocycles. The van der Waals surface area contributed by atoms with Crippen molar-refractivity contribution in [2.45, 2.75) is 38.8 Å². The second-order valence-corrected chi connectivity index (χ2v) is 8.60. The predicted octanol–water partition coefficient (Wildman–Crippen LogP) is 4.30. The van der Waals surface area contributed by atoms with Gasteiger partial charge in [-0.05, 0) is 48.4 Å². The van der Waals surface area contributed by atoms with E-state index in [0.717, 1.165) is 29.3 Å². The van der Waals surface area contributed by atoms with E-state index in [0.29, 0.717) is 42.6 Å². The van der Waals surface area contributed by atoms with Gasteiger partial charge in [-0.25, -0.2) is 14.8 Å². The number of carbonyl (C=O) groups is 2. The maximum atomic E-state index is 13.4. The van der Waals surface area contributed by atoms with Gasteiger partial charge < -0.3 is 20.9 Å². The Hall–Kier alpha value is -3.39. The van der Waals surface area contributed by atoms with E-state index in [2.05, 4.69) is 22.2 Å². The first-order valence-electron chi connectivity index (χ1n) is 11.1. The first-order chi connectivity index (χ1) is 16.0. The minimum absolute atomic E-state index is 0.0387. The number of piperazine rings is 1. The summed E-state index contributed by atoms with van der Waals surface area (Å²) in [5.74, 6) is 0.394. The van der Waals surface area contributed by atoms with Crippen LogP contribution in [0.5, 0.6) is 0 Å². The number of halogens is 1. The average molecular weight is 467 g/mol. The average Bonchev–Trinajstić information content (AvgIpc) is 2.81. The quantitative estimate of drug-likeness (QED) is 0.563. The Morgan fingerprint density at radius 1 is 1.18 bits per heavy atom. The zero-order valence-electron chi connectivity index (χ0n) is 18.5. The van der Waals surface area contributed by atoms with Crippen molar-refractivity contribution in [1.29, 1.82) is 0 Å². The van der Waals surface area contributed by atoms with Crippen molar-refractivity contribution in [2.75, 3.05) is 24.1 Å². The van der Waals surface area contributed by atoms with Crippen LogP contribution >= 0.6 is 11.6 Å². The Balaban J connectivity index is 1.49. The highest BCUT2D eigenvalue weighted by molar-refractivity contribution is 6.30. The zero-order valence-corrected chi connectivity index (χ0v) is 19.3. The lowest BCUT2D eigenvalue weighted by atomic mass is 10.0. The van der Waals surface area contributed by atoms with E-state index in [9.17, 15) is 9.59 Å². The lowest BCUT2D eigenvalue weighted by Gasteiger charge is -2.40. The number of urea groups is 1. The van der Waals surface area contributed by atoms with Crippen LogP contribution in [0.15, 0.2) is 48.8 Å². The van der Waals surface area contributed by atoms with Crippen LogP contribution in [0.4, 0.5) is 16.3 Å². The summed E-state index contributed by atoms with van der Waals surface area (Å²) in [6.07, 6.45) is 3.87. The summed E-state index contributed by atoms with van der Waals surface area (Å²) in [5, 5.41) is 4.27. The lowest BCUT2D eigenvalue weighted by Crippen LogP contribution is -2.59. The molecule has 0 bridgehead atoms. The van der Waals surface area contributed by atoms with Crippen LogP contribution in [-0.2, 0) is 11.3 Å². The number of nitrogens with zero attached hydrogens (tertiary/aromatic N) is 4. The maximum absolute atomic E-state index is 13.4. The van der Waals surface area contributed by atoms with E-state index in [4.69, 9.17) is 17.3 Å². The van der Waals surface area contributed by atoms with Gasteiger partial charge >= 0.3 is 6.03 Å². The van der Waals surface area contributed by atoms with Crippen LogP contribution in [0.25, 0.3) is 10.9 Å². The van der Waals surface area contributed by atoms with Crippen molar-refractivity contribution in [2.24, 2.45) is 0 Å². The standard InChI is InChI=1S/C24H27ClN6O2/c1-2-3-4-21-23(32)30(14-16-5-10-19-20(13-16)27-15-28-22(19)26)11-12-31(21)24(33)29-18-8-6-17(25)7-9-18/h5-10,13,15,21H,2-4,11-12,14H2,1H3,(H,29,33)(H2,26,27,28)/t21-/m0/s1. The molecule has 3 amide bonds. The third kappa shape index (κ3) is 5.17. The van der Waals surface area contributed by atoms with E-state index in [1.807, 2.05) is 23.1 Å². The molecule has 172 valence electrons. The second kappa shape index (κ2) is 10.0. The van der Waals surface area contributed by atoms with Crippen LogP contribution in [-0.4, -0.2) is 50.8 Å². The fourth-order valence-electron chi connectivity index (χ4n) is 4.09. The minimum Gasteiger partial charge on any atom is -0.383 e. The summed E-state index contributed by atoms with van der Waals surface area (Å²) in [6, 6.07) is 11.9. The van der Waals surface area contributed by atoms with Gasteiger partial charge in [0.1, 0.15) is 18.2 Å². The molecule has 1 atom stereocenters. The number of aromatic nitrogens is 2. The van der Waals surface area contributed by atoms with Gasteiger partial charge in [0, 0.05) is 35.7 Å². The molecule has 0 spiro atoms. The molecule has 2 aromatic carbocycles. The van der Waals surface area contributed by atoms with Gasteiger partial charge in [0.15, 0.2) is 0 Å². The molecule has 4 rings (SSSR count). The van der Waals surface area contributed by atoms with Gasteiger partial charge in [0.05, 0.1) is 5.52 Å². The number of benzene rings is 2. The molecule has 0 unspecified atom stereocenters. The second-order valence-electron chi connectivity index (χ2n) is 8.16. The number of anilines is 2. The van der Waals surface area contributed by atoms with Gasteiger partial charge in [-0.1, -0.05) is 37.4 Å². The summed E-state index contributed by atoms with van der Waals surface area (Å²) in [4.78, 5) is 38.2. The van der Waals surface area contributed by atoms with Crippen molar-refractivity contribution in [3.05, 3.63) is 59.4 Å². The summed E-state index contributed by atoms with van der Waals surface area (Å²) in [6.45, 7) is 3.45. The van der Waals surface area contributed by atoms with Gasteiger partial charge in [-0.3, -0.25) is 4.79 Å². The molecule has 3 aromatic rings. The highest BCUT2D eigenvalue weighted by Gasteiger charge is 2.37. The molecule has 1 aliphatic rings. The first-order valence-corrected chi connectivity index (χ1v) is 11.4. The van der Waals surface area contributed by atoms with Crippen molar-refractivity contribution >= 4 is 45.9 Å². The molecule has 1 aromatic heterocycles. The van der Waals surface area contributed by atoms with Gasteiger partial charge in [-0.15, -0.1) is 0 Å². The summed E-state index contributed by atoms with van der Waals surface area (Å²) < 4.78 is 0. The Morgan fingerprint density at radius 2 is 1.97 bits per heavy atom. The minimum atomic E-state index is -0.496. The molecular formula is C24H27ClN6O2. The molecule has 33 heavy (non-hydrogen) atoms.